The molecular weight excluding hydrogens is 224 g/mol. The van der Waals surface area contributed by atoms with Gasteiger partial charge in [-0.3, -0.25) is 4.79 Å². The van der Waals surface area contributed by atoms with E-state index in [1.807, 2.05) is 7.05 Å². The SMILES string of the molecule is CC(CC(=O)O)NC(=O)NCc1nccn1C. The van der Waals surface area contributed by atoms with Crippen molar-refractivity contribution in [2.75, 3.05) is 0 Å². The van der Waals surface area contributed by atoms with Crippen molar-refractivity contribution in [2.45, 2.75) is 25.9 Å². The van der Waals surface area contributed by atoms with Crippen molar-refractivity contribution in [2.24, 2.45) is 7.05 Å². The maximum absolute atomic E-state index is 11.4. The molecule has 7 heteroatoms. The highest BCUT2D eigenvalue weighted by Crippen LogP contribution is 1.93. The maximum Gasteiger partial charge on any atom is 0.315 e. The lowest BCUT2D eigenvalue weighted by molar-refractivity contribution is -0.137. The standard InChI is InChI=1S/C10H16N4O3/c1-7(5-9(15)16)13-10(17)12-6-8-11-3-4-14(8)2/h3-4,7H,5-6H2,1-2H3,(H,15,16)(H2,12,13,17). The zero-order valence-corrected chi connectivity index (χ0v) is 9.80. The second kappa shape index (κ2) is 5.88. The minimum absolute atomic E-state index is 0.101. The summed E-state index contributed by atoms with van der Waals surface area (Å²) in [7, 11) is 1.83. The van der Waals surface area contributed by atoms with Crippen molar-refractivity contribution in [3.8, 4) is 0 Å². The second-order valence-corrected chi connectivity index (χ2v) is 3.78. The number of aliphatic carboxylic acids is 1. The Bertz CT molecular complexity index is 402. The molecule has 0 saturated carbocycles. The predicted molar refractivity (Wildman–Crippen MR) is 60.3 cm³/mol. The third-order valence-electron chi connectivity index (χ3n) is 2.19. The zero-order chi connectivity index (χ0) is 12.8. The molecule has 3 N–H and O–H groups in total. The molecule has 0 aliphatic heterocycles. The Morgan fingerprint density at radius 3 is 2.82 bits per heavy atom. The molecule has 1 aromatic rings. The van der Waals surface area contributed by atoms with Crippen LogP contribution in [0.25, 0.3) is 0 Å². The lowest BCUT2D eigenvalue weighted by Gasteiger charge is -2.12. The van der Waals surface area contributed by atoms with E-state index in [0.29, 0.717) is 6.54 Å². The average molecular weight is 240 g/mol. The van der Waals surface area contributed by atoms with E-state index < -0.39 is 18.0 Å². The van der Waals surface area contributed by atoms with Gasteiger partial charge in [0.15, 0.2) is 0 Å². The zero-order valence-electron chi connectivity index (χ0n) is 9.80. The number of carboxylic acid groups (broad SMARTS) is 1. The van der Waals surface area contributed by atoms with Crippen LogP contribution >= 0.6 is 0 Å². The summed E-state index contributed by atoms with van der Waals surface area (Å²) in [6.45, 7) is 1.93. The van der Waals surface area contributed by atoms with E-state index >= 15 is 0 Å². The molecule has 0 fully saturated rings. The van der Waals surface area contributed by atoms with Gasteiger partial charge in [-0.1, -0.05) is 0 Å². The van der Waals surface area contributed by atoms with Crippen LogP contribution in [-0.2, 0) is 18.4 Å². The number of urea groups is 1. The highest BCUT2D eigenvalue weighted by atomic mass is 16.4. The van der Waals surface area contributed by atoms with E-state index in [2.05, 4.69) is 15.6 Å². The summed E-state index contributed by atoms with van der Waals surface area (Å²) in [5, 5.41) is 13.7. The number of carboxylic acids is 1. The van der Waals surface area contributed by atoms with Gasteiger partial charge >= 0.3 is 12.0 Å². The monoisotopic (exact) mass is 240 g/mol. The van der Waals surface area contributed by atoms with Gasteiger partial charge in [0.05, 0.1) is 13.0 Å². The summed E-state index contributed by atoms with van der Waals surface area (Å²) in [6.07, 6.45) is 3.32. The number of nitrogens with zero attached hydrogens (tertiary/aromatic N) is 2. The number of hydrogen-bond acceptors (Lipinski definition) is 3. The van der Waals surface area contributed by atoms with Crippen LogP contribution in [0.5, 0.6) is 0 Å². The molecule has 1 aromatic heterocycles. The smallest absolute Gasteiger partial charge is 0.315 e. The van der Waals surface area contributed by atoms with Crippen molar-refractivity contribution in [3.05, 3.63) is 18.2 Å². The lowest BCUT2D eigenvalue weighted by atomic mass is 10.2. The Balaban J connectivity index is 2.30. The first kappa shape index (κ1) is 13.0. The third kappa shape index (κ3) is 4.54. The molecule has 1 heterocycles. The quantitative estimate of drug-likeness (QED) is 0.679. The van der Waals surface area contributed by atoms with Crippen LogP contribution in [0.3, 0.4) is 0 Å². The summed E-state index contributed by atoms with van der Waals surface area (Å²) in [5.74, 6) is -0.215. The largest absolute Gasteiger partial charge is 0.481 e. The average Bonchev–Trinajstić information content (AvgIpc) is 2.59. The number of aromatic nitrogens is 2. The number of carbonyl (C=O) groups excluding carboxylic acids is 1. The Morgan fingerprint density at radius 2 is 2.29 bits per heavy atom. The molecule has 0 aliphatic rings. The molecular formula is C10H16N4O3. The van der Waals surface area contributed by atoms with Crippen LogP contribution in [-0.4, -0.2) is 32.7 Å². The van der Waals surface area contributed by atoms with Gasteiger partial charge in [-0.15, -0.1) is 0 Å². The molecule has 17 heavy (non-hydrogen) atoms. The number of hydrogen-bond donors (Lipinski definition) is 3. The fraction of sp³-hybridized carbons (Fsp3) is 0.500. The van der Waals surface area contributed by atoms with Crippen LogP contribution in [0.1, 0.15) is 19.2 Å². The van der Waals surface area contributed by atoms with Crippen molar-refractivity contribution in [1.29, 1.82) is 0 Å². The molecule has 94 valence electrons. The first-order valence-electron chi connectivity index (χ1n) is 5.21. The Labute approximate surface area is 98.8 Å². The number of amides is 2. The molecule has 0 saturated heterocycles. The molecule has 1 rings (SSSR count). The topological polar surface area (TPSA) is 96.2 Å². The van der Waals surface area contributed by atoms with Gasteiger partial charge in [-0.2, -0.15) is 0 Å². The van der Waals surface area contributed by atoms with Crippen molar-refractivity contribution in [1.82, 2.24) is 20.2 Å². The number of aryl methyl sites for hydroxylation is 1. The first-order valence-corrected chi connectivity index (χ1v) is 5.21. The number of carbonyl (C=O) groups is 2. The van der Waals surface area contributed by atoms with E-state index in [-0.39, 0.29) is 6.42 Å². The minimum atomic E-state index is -0.943. The number of rotatable bonds is 5. The summed E-state index contributed by atoms with van der Waals surface area (Å²) in [6, 6.07) is -0.810. The van der Waals surface area contributed by atoms with E-state index in [4.69, 9.17) is 5.11 Å². The third-order valence-corrected chi connectivity index (χ3v) is 2.19. The van der Waals surface area contributed by atoms with Crippen LogP contribution in [0.2, 0.25) is 0 Å². The van der Waals surface area contributed by atoms with E-state index in [1.54, 1.807) is 23.9 Å². The minimum Gasteiger partial charge on any atom is -0.481 e. The van der Waals surface area contributed by atoms with Gasteiger partial charge in [0.2, 0.25) is 0 Å². The highest BCUT2D eigenvalue weighted by Gasteiger charge is 2.10. The Kier molecular flexibility index (Phi) is 4.50. The van der Waals surface area contributed by atoms with Crippen LogP contribution < -0.4 is 10.6 Å². The summed E-state index contributed by atoms with van der Waals surface area (Å²) in [4.78, 5) is 25.8. The Morgan fingerprint density at radius 1 is 1.59 bits per heavy atom. The molecule has 0 spiro atoms. The van der Waals surface area contributed by atoms with Crippen LogP contribution in [0.4, 0.5) is 4.79 Å². The van der Waals surface area contributed by atoms with E-state index in [1.165, 1.54) is 0 Å². The molecule has 2 amide bonds. The molecule has 7 nitrogen and oxygen atoms in total. The van der Waals surface area contributed by atoms with Gasteiger partial charge in [0, 0.05) is 25.5 Å². The van der Waals surface area contributed by atoms with Crippen molar-refractivity contribution in [3.63, 3.8) is 0 Å². The molecule has 0 aromatic carbocycles. The van der Waals surface area contributed by atoms with Gasteiger partial charge in [0.1, 0.15) is 5.82 Å². The molecule has 0 bridgehead atoms. The maximum atomic E-state index is 11.4. The normalized spacial score (nSPS) is 11.9. The van der Waals surface area contributed by atoms with Gasteiger partial charge in [0.25, 0.3) is 0 Å². The van der Waals surface area contributed by atoms with Crippen LogP contribution in [0.15, 0.2) is 12.4 Å². The molecule has 0 radical (unpaired) electrons. The number of nitrogens with one attached hydrogen (secondary N) is 2. The molecule has 0 aliphatic carbocycles. The fourth-order valence-electron chi connectivity index (χ4n) is 1.31. The van der Waals surface area contributed by atoms with Gasteiger partial charge in [-0.05, 0) is 6.92 Å². The fourth-order valence-corrected chi connectivity index (χ4v) is 1.31. The lowest BCUT2D eigenvalue weighted by Crippen LogP contribution is -2.41. The Hall–Kier alpha value is -2.05. The highest BCUT2D eigenvalue weighted by molar-refractivity contribution is 5.75. The molecule has 1 unspecified atom stereocenters. The van der Waals surface area contributed by atoms with Crippen molar-refractivity contribution >= 4 is 12.0 Å². The second-order valence-electron chi connectivity index (χ2n) is 3.78. The summed E-state index contributed by atoms with van der Waals surface area (Å²) in [5.41, 5.74) is 0. The summed E-state index contributed by atoms with van der Waals surface area (Å²) >= 11 is 0. The van der Waals surface area contributed by atoms with Crippen LogP contribution in [0, 0.1) is 0 Å². The van der Waals surface area contributed by atoms with E-state index in [9.17, 15) is 9.59 Å². The molecule has 1 atom stereocenters. The first-order chi connectivity index (χ1) is 7.99. The van der Waals surface area contributed by atoms with Gasteiger partial charge < -0.3 is 20.3 Å². The predicted octanol–water partition coefficient (Wildman–Crippen LogP) is 0.0825. The van der Waals surface area contributed by atoms with Gasteiger partial charge in [-0.25, -0.2) is 9.78 Å². The number of imidazole rings is 1. The summed E-state index contributed by atoms with van der Waals surface area (Å²) < 4.78 is 1.79. The van der Waals surface area contributed by atoms with E-state index in [0.717, 1.165) is 5.82 Å². The van der Waals surface area contributed by atoms with Crippen molar-refractivity contribution < 1.29 is 14.7 Å².